The van der Waals surface area contributed by atoms with Crippen LogP contribution < -0.4 is 0 Å². The van der Waals surface area contributed by atoms with E-state index in [1.165, 1.54) is 6.08 Å². The monoisotopic (exact) mass is 201 g/mol. The number of ether oxygens (including phenoxy) is 1. The first-order valence-corrected chi connectivity index (χ1v) is 4.60. The van der Waals surface area contributed by atoms with Gasteiger partial charge >= 0.3 is 5.97 Å². The molecule has 0 unspecified atom stereocenters. The Hall–Kier alpha value is -2.08. The van der Waals surface area contributed by atoms with Crippen LogP contribution in [0.2, 0.25) is 0 Å². The molecule has 15 heavy (non-hydrogen) atoms. The fourth-order valence-electron chi connectivity index (χ4n) is 0.974. The van der Waals surface area contributed by atoms with Gasteiger partial charge in [-0.05, 0) is 11.6 Å². The van der Waals surface area contributed by atoms with E-state index in [1.807, 2.05) is 36.4 Å². The van der Waals surface area contributed by atoms with Crippen LogP contribution in [0.15, 0.2) is 36.4 Å². The molecule has 1 rings (SSSR count). The molecule has 76 valence electrons. The lowest BCUT2D eigenvalue weighted by Gasteiger charge is -1.96. The number of benzene rings is 1. The molecule has 0 amide bonds. The Morgan fingerprint density at radius 1 is 1.40 bits per heavy atom. The van der Waals surface area contributed by atoms with Crippen molar-refractivity contribution in [2.45, 2.75) is 6.42 Å². The summed E-state index contributed by atoms with van der Waals surface area (Å²) in [5.74, 6) is -0.422. The first kappa shape index (κ1) is 11.0. The fourth-order valence-corrected chi connectivity index (χ4v) is 0.974. The van der Waals surface area contributed by atoms with Crippen molar-refractivity contribution in [1.29, 1.82) is 5.26 Å². The maximum atomic E-state index is 11.1. The van der Waals surface area contributed by atoms with Crippen molar-refractivity contribution in [3.8, 4) is 6.07 Å². The van der Waals surface area contributed by atoms with Gasteiger partial charge in [0.2, 0.25) is 0 Å². The van der Waals surface area contributed by atoms with E-state index < -0.39 is 5.97 Å². The number of carbonyl (C=O) groups excluding carboxylic acids is 1. The van der Waals surface area contributed by atoms with Crippen molar-refractivity contribution in [2.24, 2.45) is 0 Å². The summed E-state index contributed by atoms with van der Waals surface area (Å²) >= 11 is 0. The summed E-state index contributed by atoms with van der Waals surface area (Å²) in [6.07, 6.45) is 3.26. The molecule has 0 saturated carbocycles. The number of rotatable bonds is 4. The van der Waals surface area contributed by atoms with E-state index in [0.29, 0.717) is 0 Å². The third-order valence-electron chi connectivity index (χ3n) is 1.67. The largest absolute Gasteiger partial charge is 0.461 e. The standard InChI is InChI=1S/C12H11NO2/c13-9-4-10-15-12(14)8-7-11-5-2-1-3-6-11/h1-3,5-8H,4,10H2. The van der Waals surface area contributed by atoms with Crippen LogP contribution in [-0.2, 0) is 9.53 Å². The summed E-state index contributed by atoms with van der Waals surface area (Å²) in [5.41, 5.74) is 0.940. The second kappa shape index (κ2) is 6.39. The highest BCUT2D eigenvalue weighted by Gasteiger charge is 1.95. The summed E-state index contributed by atoms with van der Waals surface area (Å²) < 4.78 is 4.76. The van der Waals surface area contributed by atoms with Gasteiger partial charge in [0.05, 0.1) is 12.5 Å². The molecule has 0 aliphatic rings. The molecule has 0 fully saturated rings. The van der Waals surface area contributed by atoms with Gasteiger partial charge in [-0.15, -0.1) is 0 Å². The summed E-state index contributed by atoms with van der Waals surface area (Å²) in [7, 11) is 0. The Morgan fingerprint density at radius 2 is 2.13 bits per heavy atom. The molecule has 0 aliphatic heterocycles. The Bertz CT molecular complexity index is 376. The minimum absolute atomic E-state index is 0.147. The first-order chi connectivity index (χ1) is 7.33. The smallest absolute Gasteiger partial charge is 0.330 e. The molecule has 0 bridgehead atoms. The highest BCUT2D eigenvalue weighted by Crippen LogP contribution is 2.00. The van der Waals surface area contributed by atoms with E-state index in [9.17, 15) is 4.79 Å². The van der Waals surface area contributed by atoms with Gasteiger partial charge in [0.1, 0.15) is 6.61 Å². The minimum atomic E-state index is -0.422. The highest BCUT2D eigenvalue weighted by molar-refractivity contribution is 5.86. The average molecular weight is 201 g/mol. The summed E-state index contributed by atoms with van der Waals surface area (Å²) in [6, 6.07) is 11.4. The third-order valence-corrected chi connectivity index (χ3v) is 1.67. The topological polar surface area (TPSA) is 50.1 Å². The maximum absolute atomic E-state index is 11.1. The van der Waals surface area contributed by atoms with E-state index in [1.54, 1.807) is 6.08 Å². The van der Waals surface area contributed by atoms with Gasteiger partial charge in [-0.25, -0.2) is 4.79 Å². The van der Waals surface area contributed by atoms with Crippen LogP contribution in [0, 0.1) is 11.3 Å². The van der Waals surface area contributed by atoms with E-state index in [0.717, 1.165) is 5.56 Å². The van der Waals surface area contributed by atoms with Gasteiger partial charge in [-0.1, -0.05) is 30.3 Å². The second-order valence-electron chi connectivity index (χ2n) is 2.82. The molecule has 0 atom stereocenters. The molecule has 0 aromatic heterocycles. The molecule has 3 heteroatoms. The number of nitriles is 1. The predicted octanol–water partition coefficient (Wildman–Crippen LogP) is 2.16. The van der Waals surface area contributed by atoms with Crippen molar-refractivity contribution in [3.63, 3.8) is 0 Å². The molecule has 1 aromatic carbocycles. The van der Waals surface area contributed by atoms with Crippen molar-refractivity contribution < 1.29 is 9.53 Å². The number of esters is 1. The number of hydrogen-bond acceptors (Lipinski definition) is 3. The van der Waals surface area contributed by atoms with Gasteiger partial charge in [-0.2, -0.15) is 5.26 Å². The van der Waals surface area contributed by atoms with Crippen LogP contribution in [0.3, 0.4) is 0 Å². The first-order valence-electron chi connectivity index (χ1n) is 4.60. The van der Waals surface area contributed by atoms with Crippen LogP contribution >= 0.6 is 0 Å². The third kappa shape index (κ3) is 4.63. The lowest BCUT2D eigenvalue weighted by Crippen LogP contribution is -2.01. The van der Waals surface area contributed by atoms with Gasteiger partial charge < -0.3 is 4.74 Å². The lowest BCUT2D eigenvalue weighted by atomic mass is 10.2. The molecular weight excluding hydrogens is 190 g/mol. The molecular formula is C12H11NO2. The van der Waals surface area contributed by atoms with Crippen LogP contribution in [-0.4, -0.2) is 12.6 Å². The van der Waals surface area contributed by atoms with Crippen molar-refractivity contribution in [1.82, 2.24) is 0 Å². The summed E-state index contributed by atoms with van der Waals surface area (Å²) in [5, 5.41) is 8.23. The van der Waals surface area contributed by atoms with Crippen LogP contribution in [0.1, 0.15) is 12.0 Å². The zero-order valence-electron chi connectivity index (χ0n) is 8.22. The molecule has 3 nitrogen and oxygen atoms in total. The molecule has 0 heterocycles. The second-order valence-corrected chi connectivity index (χ2v) is 2.82. The summed E-state index contributed by atoms with van der Waals surface area (Å²) in [6.45, 7) is 0.147. The Kier molecular flexibility index (Phi) is 4.68. The Balaban J connectivity index is 2.38. The van der Waals surface area contributed by atoms with Gasteiger partial charge in [-0.3, -0.25) is 0 Å². The number of hydrogen-bond donors (Lipinski definition) is 0. The molecule has 0 aliphatic carbocycles. The number of carbonyl (C=O) groups is 1. The molecule has 0 spiro atoms. The Labute approximate surface area is 88.6 Å². The van der Waals surface area contributed by atoms with Crippen LogP contribution in [0.4, 0.5) is 0 Å². The quantitative estimate of drug-likeness (QED) is 0.426. The van der Waals surface area contributed by atoms with Gasteiger partial charge in [0, 0.05) is 6.08 Å². The SMILES string of the molecule is N#CCCOC(=O)C=Cc1ccccc1. The fraction of sp³-hybridized carbons (Fsp3) is 0.167. The molecule has 1 aromatic rings. The van der Waals surface area contributed by atoms with Crippen LogP contribution in [0.5, 0.6) is 0 Å². The van der Waals surface area contributed by atoms with Crippen molar-refractivity contribution >= 4 is 12.0 Å². The number of nitrogens with zero attached hydrogens (tertiary/aromatic N) is 1. The van der Waals surface area contributed by atoms with Crippen molar-refractivity contribution in [3.05, 3.63) is 42.0 Å². The van der Waals surface area contributed by atoms with E-state index in [2.05, 4.69) is 0 Å². The van der Waals surface area contributed by atoms with E-state index in [4.69, 9.17) is 10.00 Å². The predicted molar refractivity (Wildman–Crippen MR) is 56.7 cm³/mol. The lowest BCUT2D eigenvalue weighted by molar-refractivity contribution is -0.137. The zero-order chi connectivity index (χ0) is 10.9. The average Bonchev–Trinajstić information content (AvgIpc) is 2.28. The molecule has 0 radical (unpaired) electrons. The highest BCUT2D eigenvalue weighted by atomic mass is 16.5. The maximum Gasteiger partial charge on any atom is 0.330 e. The normalized spacial score (nSPS) is 9.80. The van der Waals surface area contributed by atoms with E-state index >= 15 is 0 Å². The van der Waals surface area contributed by atoms with Crippen molar-refractivity contribution in [2.75, 3.05) is 6.61 Å². The summed E-state index contributed by atoms with van der Waals surface area (Å²) in [4.78, 5) is 11.1. The molecule has 0 N–H and O–H groups in total. The van der Waals surface area contributed by atoms with Gasteiger partial charge in [0.25, 0.3) is 0 Å². The Morgan fingerprint density at radius 3 is 2.80 bits per heavy atom. The minimum Gasteiger partial charge on any atom is -0.461 e. The van der Waals surface area contributed by atoms with E-state index in [-0.39, 0.29) is 13.0 Å². The molecule has 0 saturated heterocycles. The zero-order valence-corrected chi connectivity index (χ0v) is 8.22. The van der Waals surface area contributed by atoms with Crippen LogP contribution in [0.25, 0.3) is 6.08 Å². The van der Waals surface area contributed by atoms with Gasteiger partial charge in [0.15, 0.2) is 0 Å².